The fourth-order valence-electron chi connectivity index (χ4n) is 2.30. The zero-order chi connectivity index (χ0) is 12.7. The lowest BCUT2D eigenvalue weighted by Crippen LogP contribution is -2.29. The summed E-state index contributed by atoms with van der Waals surface area (Å²) in [5.74, 6) is 0.796. The SMILES string of the molecule is CCCC(C)CC(Cc1ccc(Cl)cc1)NC. The molecule has 1 nitrogen and oxygen atoms in total. The first-order valence-corrected chi connectivity index (χ1v) is 6.95. The standard InChI is InChI=1S/C15H24ClN/c1-4-5-12(2)10-15(17-3)11-13-6-8-14(16)9-7-13/h6-9,12,15,17H,4-5,10-11H2,1-3H3. The Morgan fingerprint density at radius 1 is 1.24 bits per heavy atom. The molecule has 0 fully saturated rings. The van der Waals surface area contributed by atoms with Crippen LogP contribution in [0.3, 0.4) is 0 Å². The van der Waals surface area contributed by atoms with Gasteiger partial charge in [0.2, 0.25) is 0 Å². The van der Waals surface area contributed by atoms with E-state index in [2.05, 4.69) is 38.3 Å². The van der Waals surface area contributed by atoms with Crippen LogP contribution in [0.4, 0.5) is 0 Å². The van der Waals surface area contributed by atoms with Crippen molar-refractivity contribution in [3.05, 3.63) is 34.9 Å². The van der Waals surface area contributed by atoms with E-state index in [0.717, 1.165) is 17.4 Å². The fourth-order valence-corrected chi connectivity index (χ4v) is 2.43. The third kappa shape index (κ3) is 5.56. The summed E-state index contributed by atoms with van der Waals surface area (Å²) in [5.41, 5.74) is 1.36. The highest BCUT2D eigenvalue weighted by Crippen LogP contribution is 2.17. The highest BCUT2D eigenvalue weighted by Gasteiger charge is 2.11. The van der Waals surface area contributed by atoms with Gasteiger partial charge in [-0.1, -0.05) is 50.4 Å². The van der Waals surface area contributed by atoms with E-state index in [1.54, 1.807) is 0 Å². The molecule has 1 aromatic carbocycles. The molecule has 0 saturated carbocycles. The van der Waals surface area contributed by atoms with E-state index in [9.17, 15) is 0 Å². The van der Waals surface area contributed by atoms with Crippen molar-refractivity contribution in [1.82, 2.24) is 5.32 Å². The van der Waals surface area contributed by atoms with Crippen LogP contribution in [0, 0.1) is 5.92 Å². The van der Waals surface area contributed by atoms with Crippen LogP contribution in [0.25, 0.3) is 0 Å². The lowest BCUT2D eigenvalue weighted by atomic mass is 9.93. The minimum absolute atomic E-state index is 0.567. The van der Waals surface area contributed by atoms with E-state index in [1.165, 1.54) is 24.8 Å². The molecule has 0 aliphatic rings. The Kier molecular flexibility index (Phi) is 6.61. The van der Waals surface area contributed by atoms with Crippen molar-refractivity contribution in [2.75, 3.05) is 7.05 Å². The highest BCUT2D eigenvalue weighted by molar-refractivity contribution is 6.30. The van der Waals surface area contributed by atoms with Crippen LogP contribution in [-0.2, 0) is 6.42 Å². The second-order valence-corrected chi connectivity index (χ2v) is 5.38. The third-order valence-corrected chi connectivity index (χ3v) is 3.52. The molecule has 2 unspecified atom stereocenters. The maximum absolute atomic E-state index is 5.89. The van der Waals surface area contributed by atoms with Crippen molar-refractivity contribution in [2.45, 2.75) is 45.6 Å². The molecule has 0 aliphatic heterocycles. The summed E-state index contributed by atoms with van der Waals surface area (Å²) >= 11 is 5.89. The van der Waals surface area contributed by atoms with Gasteiger partial charge >= 0.3 is 0 Å². The molecule has 1 aromatic rings. The molecule has 1 N–H and O–H groups in total. The smallest absolute Gasteiger partial charge is 0.0406 e. The number of nitrogens with one attached hydrogen (secondary N) is 1. The largest absolute Gasteiger partial charge is 0.317 e. The minimum Gasteiger partial charge on any atom is -0.317 e. The van der Waals surface area contributed by atoms with Crippen LogP contribution in [0.1, 0.15) is 38.7 Å². The molecule has 0 bridgehead atoms. The molecule has 1 rings (SSSR count). The van der Waals surface area contributed by atoms with Gasteiger partial charge in [0.15, 0.2) is 0 Å². The van der Waals surface area contributed by atoms with Gasteiger partial charge < -0.3 is 5.32 Å². The van der Waals surface area contributed by atoms with E-state index in [4.69, 9.17) is 11.6 Å². The van der Waals surface area contributed by atoms with E-state index in [1.807, 2.05) is 12.1 Å². The lowest BCUT2D eigenvalue weighted by Gasteiger charge is -2.20. The first-order valence-electron chi connectivity index (χ1n) is 6.57. The molecular formula is C15H24ClN. The molecule has 0 spiro atoms. The highest BCUT2D eigenvalue weighted by atomic mass is 35.5. The number of rotatable bonds is 7. The number of halogens is 1. The first-order chi connectivity index (χ1) is 8.15. The van der Waals surface area contributed by atoms with Crippen LogP contribution in [0.15, 0.2) is 24.3 Å². The molecule has 0 amide bonds. The summed E-state index contributed by atoms with van der Waals surface area (Å²) in [5, 5.41) is 4.24. The molecule has 17 heavy (non-hydrogen) atoms. The van der Waals surface area contributed by atoms with Gasteiger partial charge in [0, 0.05) is 11.1 Å². The fraction of sp³-hybridized carbons (Fsp3) is 0.600. The Morgan fingerprint density at radius 2 is 1.88 bits per heavy atom. The van der Waals surface area contributed by atoms with Crippen molar-refractivity contribution < 1.29 is 0 Å². The van der Waals surface area contributed by atoms with Gasteiger partial charge in [0.25, 0.3) is 0 Å². The Bertz CT molecular complexity index is 307. The lowest BCUT2D eigenvalue weighted by molar-refractivity contribution is 0.397. The summed E-state index contributed by atoms with van der Waals surface area (Å²) in [6.45, 7) is 4.60. The van der Waals surface area contributed by atoms with Gasteiger partial charge in [-0.2, -0.15) is 0 Å². The molecular weight excluding hydrogens is 230 g/mol. The zero-order valence-electron chi connectivity index (χ0n) is 11.2. The van der Waals surface area contributed by atoms with Gasteiger partial charge in [-0.15, -0.1) is 0 Å². The first kappa shape index (κ1) is 14.5. The number of benzene rings is 1. The topological polar surface area (TPSA) is 12.0 Å². The van der Waals surface area contributed by atoms with E-state index < -0.39 is 0 Å². The Hall–Kier alpha value is -0.530. The summed E-state index contributed by atoms with van der Waals surface area (Å²) in [6.07, 6.45) is 4.92. The van der Waals surface area contributed by atoms with Crippen molar-refractivity contribution in [3.8, 4) is 0 Å². The van der Waals surface area contributed by atoms with E-state index in [0.29, 0.717) is 6.04 Å². The average molecular weight is 254 g/mol. The summed E-state index contributed by atoms with van der Waals surface area (Å²) in [7, 11) is 2.05. The van der Waals surface area contributed by atoms with E-state index in [-0.39, 0.29) is 0 Å². The quantitative estimate of drug-likeness (QED) is 0.764. The number of hydrogen-bond acceptors (Lipinski definition) is 1. The van der Waals surface area contributed by atoms with Gasteiger partial charge in [0.05, 0.1) is 0 Å². The summed E-state index contributed by atoms with van der Waals surface area (Å²) in [6, 6.07) is 8.75. The Morgan fingerprint density at radius 3 is 2.41 bits per heavy atom. The third-order valence-electron chi connectivity index (χ3n) is 3.27. The normalized spacial score (nSPS) is 14.6. The number of hydrogen-bond donors (Lipinski definition) is 1. The van der Waals surface area contributed by atoms with Crippen LogP contribution < -0.4 is 5.32 Å². The molecule has 0 radical (unpaired) electrons. The van der Waals surface area contributed by atoms with Gasteiger partial charge in [-0.25, -0.2) is 0 Å². The average Bonchev–Trinajstić information content (AvgIpc) is 2.31. The van der Waals surface area contributed by atoms with Crippen LogP contribution in [0.5, 0.6) is 0 Å². The van der Waals surface area contributed by atoms with Crippen molar-refractivity contribution in [1.29, 1.82) is 0 Å². The summed E-state index contributed by atoms with van der Waals surface area (Å²) in [4.78, 5) is 0. The van der Waals surface area contributed by atoms with Crippen molar-refractivity contribution >= 4 is 11.6 Å². The maximum atomic E-state index is 5.89. The number of likely N-dealkylation sites (N-methyl/N-ethyl adjacent to an activating group) is 1. The molecule has 0 saturated heterocycles. The maximum Gasteiger partial charge on any atom is 0.0406 e. The molecule has 0 heterocycles. The van der Waals surface area contributed by atoms with Gasteiger partial charge in [0.1, 0.15) is 0 Å². The van der Waals surface area contributed by atoms with E-state index >= 15 is 0 Å². The summed E-state index contributed by atoms with van der Waals surface area (Å²) < 4.78 is 0. The second kappa shape index (κ2) is 7.73. The monoisotopic (exact) mass is 253 g/mol. The van der Waals surface area contributed by atoms with Crippen molar-refractivity contribution in [3.63, 3.8) is 0 Å². The predicted octanol–water partition coefficient (Wildman–Crippen LogP) is 4.30. The molecule has 96 valence electrons. The molecule has 0 aromatic heterocycles. The second-order valence-electron chi connectivity index (χ2n) is 4.95. The Labute approximate surface area is 111 Å². The molecule has 2 heteroatoms. The minimum atomic E-state index is 0.567. The predicted molar refractivity (Wildman–Crippen MR) is 76.7 cm³/mol. The zero-order valence-corrected chi connectivity index (χ0v) is 11.9. The Balaban J connectivity index is 2.48. The van der Waals surface area contributed by atoms with Crippen molar-refractivity contribution in [2.24, 2.45) is 5.92 Å². The van der Waals surface area contributed by atoms with Crippen LogP contribution >= 0.6 is 11.6 Å². The van der Waals surface area contributed by atoms with Gasteiger partial charge in [-0.3, -0.25) is 0 Å². The van der Waals surface area contributed by atoms with Crippen LogP contribution in [0.2, 0.25) is 5.02 Å². The molecule has 0 aliphatic carbocycles. The molecule has 2 atom stereocenters. The van der Waals surface area contributed by atoms with Gasteiger partial charge in [-0.05, 0) is 43.5 Å². The van der Waals surface area contributed by atoms with Crippen LogP contribution in [-0.4, -0.2) is 13.1 Å².